The molecule has 1 saturated heterocycles. The lowest BCUT2D eigenvalue weighted by Gasteiger charge is -2.25. The summed E-state index contributed by atoms with van der Waals surface area (Å²) in [6.45, 7) is 1.14. The van der Waals surface area contributed by atoms with Crippen LogP contribution in [0.4, 0.5) is 27.8 Å². The van der Waals surface area contributed by atoms with Crippen LogP contribution in [0.2, 0.25) is 0 Å². The molecule has 22 nitrogen and oxygen atoms in total. The lowest BCUT2D eigenvalue weighted by molar-refractivity contribution is -0.385. The van der Waals surface area contributed by atoms with Crippen LogP contribution in [-0.2, 0) is 38.2 Å². The quantitative estimate of drug-likeness (QED) is 0.0597. The normalized spacial score (nSPS) is 18.0. The molecule has 22 heteroatoms. The zero-order valence-electron chi connectivity index (χ0n) is 31.3. The third kappa shape index (κ3) is 10.6. The second-order valence-electron chi connectivity index (χ2n) is 13.1. The fraction of sp³-hybridized carbons (Fsp3) is 0.351. The first kappa shape index (κ1) is 41.9. The molecule has 59 heavy (non-hydrogen) atoms. The maximum atomic E-state index is 12.9. The number of nitro groups is 3. The molecule has 1 amide bonds. The third-order valence-corrected chi connectivity index (χ3v) is 9.16. The van der Waals surface area contributed by atoms with Crippen LogP contribution in [-0.4, -0.2) is 102 Å². The lowest BCUT2D eigenvalue weighted by atomic mass is 10.1. The second kappa shape index (κ2) is 19.1. The molecule has 1 unspecified atom stereocenters. The molecule has 2 aromatic heterocycles. The minimum atomic E-state index is -1.34. The zero-order chi connectivity index (χ0) is 42.1. The smallest absolute Gasteiger partial charge is 0.414 e. The van der Waals surface area contributed by atoms with Crippen molar-refractivity contribution in [1.82, 2.24) is 19.5 Å². The Morgan fingerprint density at radius 3 is 1.88 bits per heavy atom. The first-order valence-corrected chi connectivity index (χ1v) is 18.1. The van der Waals surface area contributed by atoms with Crippen molar-refractivity contribution in [2.75, 3.05) is 31.7 Å². The van der Waals surface area contributed by atoms with E-state index in [9.17, 15) is 45.4 Å². The third-order valence-electron chi connectivity index (χ3n) is 9.16. The molecule has 3 N–H and O–H groups in total. The van der Waals surface area contributed by atoms with Crippen LogP contribution in [0.5, 0.6) is 5.88 Å². The molecule has 1 aliphatic heterocycles. The summed E-state index contributed by atoms with van der Waals surface area (Å²) < 4.78 is 30.7. The van der Waals surface area contributed by atoms with Crippen molar-refractivity contribution in [2.45, 2.75) is 57.0 Å². The van der Waals surface area contributed by atoms with Crippen molar-refractivity contribution in [3.05, 3.63) is 126 Å². The van der Waals surface area contributed by atoms with E-state index in [0.717, 1.165) is 11.1 Å². The topological polar surface area (TPSA) is 289 Å². The SMILES string of the molecule is CC(OCCc1ccc([N+](=O)[O-])cc1)O[C@@H]1[C@H](O)[C@@H](CO)O[C@H]1n1cnc2c(OCCc3ccc([N+](=O)[O-])cc3)nc(NC(=O)OCCc3ccc([N+](=O)[O-])cc3)nc21. The number of carbonyl (C=O) groups excluding carboxylic acids is 1. The van der Waals surface area contributed by atoms with Crippen molar-refractivity contribution in [2.24, 2.45) is 0 Å². The summed E-state index contributed by atoms with van der Waals surface area (Å²) in [6.07, 6.45) is -4.23. The average molecular weight is 819 g/mol. The van der Waals surface area contributed by atoms with Gasteiger partial charge in [-0.1, -0.05) is 36.4 Å². The summed E-state index contributed by atoms with van der Waals surface area (Å²) in [5, 5.41) is 56.7. The van der Waals surface area contributed by atoms with E-state index >= 15 is 0 Å². The number of imidazole rings is 1. The summed E-state index contributed by atoms with van der Waals surface area (Å²) in [5.41, 5.74) is 2.23. The summed E-state index contributed by atoms with van der Waals surface area (Å²) >= 11 is 0. The molecule has 3 heterocycles. The number of aromatic nitrogens is 4. The van der Waals surface area contributed by atoms with E-state index < -0.39 is 58.3 Å². The highest BCUT2D eigenvalue weighted by Crippen LogP contribution is 2.36. The number of hydrogen-bond acceptors (Lipinski definition) is 17. The monoisotopic (exact) mass is 818 g/mol. The summed E-state index contributed by atoms with van der Waals surface area (Å²) in [7, 11) is 0. The molecule has 0 aliphatic carbocycles. The Bertz CT molecular complexity index is 2260. The highest BCUT2D eigenvalue weighted by Gasteiger charge is 2.47. The van der Waals surface area contributed by atoms with Crippen molar-refractivity contribution in [3.8, 4) is 5.88 Å². The molecule has 1 aliphatic rings. The van der Waals surface area contributed by atoms with Gasteiger partial charge in [0, 0.05) is 49.2 Å². The number of non-ortho nitro benzene ring substituents is 3. The van der Waals surface area contributed by atoms with Crippen LogP contribution in [0.25, 0.3) is 11.2 Å². The Balaban J connectivity index is 1.19. The highest BCUT2D eigenvalue weighted by atomic mass is 16.7. The summed E-state index contributed by atoms with van der Waals surface area (Å²) in [4.78, 5) is 57.6. The van der Waals surface area contributed by atoms with E-state index in [1.54, 1.807) is 43.3 Å². The maximum Gasteiger partial charge on any atom is 0.414 e. The molecular weight excluding hydrogens is 780 g/mol. The van der Waals surface area contributed by atoms with Gasteiger partial charge in [0.05, 0.1) is 47.5 Å². The van der Waals surface area contributed by atoms with Crippen LogP contribution in [0.15, 0.2) is 79.1 Å². The first-order chi connectivity index (χ1) is 28.4. The number of nitro benzene ring substituents is 3. The zero-order valence-corrected chi connectivity index (χ0v) is 31.3. The van der Waals surface area contributed by atoms with E-state index in [1.807, 2.05) is 0 Å². The Labute approximate surface area is 333 Å². The molecule has 0 bridgehead atoms. The van der Waals surface area contributed by atoms with E-state index in [-0.39, 0.29) is 66.3 Å². The average Bonchev–Trinajstić information content (AvgIpc) is 3.78. The van der Waals surface area contributed by atoms with Gasteiger partial charge < -0.3 is 33.9 Å². The van der Waals surface area contributed by atoms with Gasteiger partial charge in [-0.15, -0.1) is 0 Å². The van der Waals surface area contributed by atoms with Crippen molar-refractivity contribution >= 4 is 40.3 Å². The Kier molecular flexibility index (Phi) is 13.6. The Morgan fingerprint density at radius 2 is 1.36 bits per heavy atom. The molecule has 3 aromatic carbocycles. The van der Waals surface area contributed by atoms with E-state index in [2.05, 4.69) is 20.3 Å². The number of nitrogens with zero attached hydrogens (tertiary/aromatic N) is 7. The number of hydrogen-bond donors (Lipinski definition) is 3. The Hall–Kier alpha value is -6.72. The molecule has 310 valence electrons. The van der Waals surface area contributed by atoms with Crippen LogP contribution >= 0.6 is 0 Å². The standard InChI is InChI=1S/C37H38N8O14/c1-22(55-17-14-23-2-8-26(9-3-23)43(49)50)58-32-31(47)29(20-46)59-35(32)42-21-38-30-33(42)39-36(40-34(30)56-18-15-24-4-10-27(11-5-24)44(51)52)41-37(48)57-19-16-25-6-12-28(13-7-25)45(53)54/h2-13,21-22,29,31-32,35,46-47H,14-20H2,1H3,(H,39,40,41,48)/t22?,29-,31-,32-,35-/m1/s1. The molecule has 6 rings (SSSR count). The molecule has 0 radical (unpaired) electrons. The highest BCUT2D eigenvalue weighted by molar-refractivity contribution is 5.85. The molecule has 5 aromatic rings. The van der Waals surface area contributed by atoms with Gasteiger partial charge in [0.15, 0.2) is 23.7 Å². The van der Waals surface area contributed by atoms with Crippen molar-refractivity contribution in [1.29, 1.82) is 0 Å². The van der Waals surface area contributed by atoms with Crippen LogP contribution in [0.3, 0.4) is 0 Å². The predicted octanol–water partition coefficient (Wildman–Crippen LogP) is 4.20. The van der Waals surface area contributed by atoms with E-state index in [1.165, 1.54) is 47.3 Å². The number of nitrogens with one attached hydrogen (secondary N) is 1. The van der Waals surface area contributed by atoms with Gasteiger partial charge in [-0.25, -0.2) is 9.78 Å². The van der Waals surface area contributed by atoms with Gasteiger partial charge in [-0.05, 0) is 30.0 Å². The van der Waals surface area contributed by atoms with Crippen LogP contribution in [0.1, 0.15) is 29.8 Å². The molecule has 1 fully saturated rings. The minimum absolute atomic E-state index is 0.0294. The van der Waals surface area contributed by atoms with Crippen molar-refractivity contribution < 1.29 is 53.5 Å². The summed E-state index contributed by atoms with van der Waals surface area (Å²) in [6, 6.07) is 17.7. The summed E-state index contributed by atoms with van der Waals surface area (Å²) in [5.74, 6) is -0.322. The largest absolute Gasteiger partial charge is 0.476 e. The number of amides is 1. The number of aliphatic hydroxyl groups excluding tert-OH is 2. The number of fused-ring (bicyclic) bond motifs is 1. The number of benzene rings is 3. The van der Waals surface area contributed by atoms with Gasteiger partial charge in [0.25, 0.3) is 17.1 Å². The van der Waals surface area contributed by atoms with E-state index in [0.29, 0.717) is 18.4 Å². The number of aliphatic hydroxyl groups is 2. The van der Waals surface area contributed by atoms with Gasteiger partial charge in [0.2, 0.25) is 11.8 Å². The molecule has 0 saturated carbocycles. The number of ether oxygens (including phenoxy) is 5. The van der Waals surface area contributed by atoms with Crippen LogP contribution in [0, 0.1) is 30.3 Å². The fourth-order valence-electron chi connectivity index (χ4n) is 6.08. The molecule has 5 atom stereocenters. The Morgan fingerprint density at radius 1 is 0.831 bits per heavy atom. The van der Waals surface area contributed by atoms with Crippen LogP contribution < -0.4 is 10.1 Å². The number of carbonyl (C=O) groups is 1. The second-order valence-corrected chi connectivity index (χ2v) is 13.1. The predicted molar refractivity (Wildman–Crippen MR) is 203 cm³/mol. The van der Waals surface area contributed by atoms with Gasteiger partial charge in [0.1, 0.15) is 18.3 Å². The minimum Gasteiger partial charge on any atom is -0.476 e. The first-order valence-electron chi connectivity index (χ1n) is 18.1. The maximum absolute atomic E-state index is 12.9. The van der Waals surface area contributed by atoms with Crippen molar-refractivity contribution in [3.63, 3.8) is 0 Å². The number of anilines is 1. The van der Waals surface area contributed by atoms with Gasteiger partial charge in [-0.3, -0.25) is 40.2 Å². The molecule has 0 spiro atoms. The van der Waals surface area contributed by atoms with E-state index in [4.69, 9.17) is 23.7 Å². The molecular formula is C37H38N8O14. The lowest BCUT2D eigenvalue weighted by Crippen LogP contribution is -2.38. The van der Waals surface area contributed by atoms with Gasteiger partial charge >= 0.3 is 6.09 Å². The number of rotatable bonds is 19. The fourth-order valence-corrected chi connectivity index (χ4v) is 6.08. The van der Waals surface area contributed by atoms with Gasteiger partial charge in [-0.2, -0.15) is 9.97 Å².